The maximum atomic E-state index is 5.85. The van der Waals surface area contributed by atoms with Gasteiger partial charge < -0.3 is 10.5 Å². The van der Waals surface area contributed by atoms with E-state index in [1.807, 2.05) is 37.3 Å². The van der Waals surface area contributed by atoms with Gasteiger partial charge in [0.1, 0.15) is 5.75 Å². The second-order valence-corrected chi connectivity index (χ2v) is 4.42. The summed E-state index contributed by atoms with van der Waals surface area (Å²) in [6, 6.07) is 14.2. The molecule has 0 aliphatic heterocycles. The van der Waals surface area contributed by atoms with E-state index in [0.717, 1.165) is 41.2 Å². The van der Waals surface area contributed by atoms with Crippen molar-refractivity contribution in [2.45, 2.75) is 20.3 Å². The number of anilines is 1. The maximum Gasteiger partial charge on any atom is 0.127 e. The van der Waals surface area contributed by atoms with Crippen LogP contribution in [0.1, 0.15) is 18.9 Å². The molecular formula is C16H19NO. The van der Waals surface area contributed by atoms with Gasteiger partial charge >= 0.3 is 0 Å². The lowest BCUT2D eigenvalue weighted by Gasteiger charge is -2.12. The summed E-state index contributed by atoms with van der Waals surface area (Å²) in [5, 5.41) is 0. The maximum absolute atomic E-state index is 5.85. The van der Waals surface area contributed by atoms with Gasteiger partial charge in [0, 0.05) is 11.3 Å². The van der Waals surface area contributed by atoms with E-state index in [-0.39, 0.29) is 0 Å². The molecule has 0 radical (unpaired) electrons. The molecule has 0 heterocycles. The van der Waals surface area contributed by atoms with Crippen LogP contribution in [0, 0.1) is 6.92 Å². The summed E-state index contributed by atoms with van der Waals surface area (Å²) in [5.74, 6) is 0.934. The third kappa shape index (κ3) is 2.65. The summed E-state index contributed by atoms with van der Waals surface area (Å²) in [7, 11) is 0. The Balaban J connectivity index is 2.39. The average molecular weight is 241 g/mol. The van der Waals surface area contributed by atoms with E-state index in [4.69, 9.17) is 10.5 Å². The number of aryl methyl sites for hydroxylation is 1. The van der Waals surface area contributed by atoms with E-state index in [1.165, 1.54) is 0 Å². The first-order valence-electron chi connectivity index (χ1n) is 6.30. The van der Waals surface area contributed by atoms with Crippen LogP contribution in [0.15, 0.2) is 42.5 Å². The zero-order chi connectivity index (χ0) is 13.0. The van der Waals surface area contributed by atoms with E-state index in [1.54, 1.807) is 0 Å². The molecule has 0 aliphatic rings. The smallest absolute Gasteiger partial charge is 0.127 e. The minimum atomic E-state index is 0.741. The molecule has 2 N–H and O–H groups in total. The molecule has 0 spiro atoms. The number of hydrogen-bond donors (Lipinski definition) is 1. The van der Waals surface area contributed by atoms with Crippen molar-refractivity contribution in [1.82, 2.24) is 0 Å². The van der Waals surface area contributed by atoms with E-state index < -0.39 is 0 Å². The molecule has 2 aromatic rings. The first-order chi connectivity index (χ1) is 8.72. The van der Waals surface area contributed by atoms with Crippen molar-refractivity contribution in [2.75, 3.05) is 12.3 Å². The van der Waals surface area contributed by atoms with Crippen molar-refractivity contribution in [2.24, 2.45) is 0 Å². The van der Waals surface area contributed by atoms with Crippen molar-refractivity contribution in [3.05, 3.63) is 48.0 Å². The lowest BCUT2D eigenvalue weighted by atomic mass is 10.0. The Morgan fingerprint density at radius 3 is 2.61 bits per heavy atom. The Kier molecular flexibility index (Phi) is 3.88. The number of ether oxygens (including phenoxy) is 1. The van der Waals surface area contributed by atoms with Crippen LogP contribution in [0.3, 0.4) is 0 Å². The largest absolute Gasteiger partial charge is 0.493 e. The fraction of sp³-hybridized carbons (Fsp3) is 0.250. The third-order valence-corrected chi connectivity index (χ3v) is 2.93. The molecule has 0 amide bonds. The molecule has 0 aliphatic carbocycles. The molecule has 2 heteroatoms. The van der Waals surface area contributed by atoms with E-state index in [9.17, 15) is 0 Å². The summed E-state index contributed by atoms with van der Waals surface area (Å²) < 4.78 is 5.78. The van der Waals surface area contributed by atoms with Crippen LogP contribution in [0.5, 0.6) is 5.75 Å². The van der Waals surface area contributed by atoms with Gasteiger partial charge in [-0.15, -0.1) is 0 Å². The quantitative estimate of drug-likeness (QED) is 0.820. The van der Waals surface area contributed by atoms with Gasteiger partial charge in [0.2, 0.25) is 0 Å². The molecule has 0 saturated heterocycles. The molecule has 0 atom stereocenters. The molecule has 2 nitrogen and oxygen atoms in total. The second-order valence-electron chi connectivity index (χ2n) is 4.42. The summed E-state index contributed by atoms with van der Waals surface area (Å²) in [5.41, 5.74) is 10.0. The van der Waals surface area contributed by atoms with Crippen molar-refractivity contribution >= 4 is 5.69 Å². The van der Waals surface area contributed by atoms with Gasteiger partial charge in [-0.25, -0.2) is 0 Å². The topological polar surface area (TPSA) is 35.2 Å². The van der Waals surface area contributed by atoms with Crippen LogP contribution in [-0.2, 0) is 0 Å². The SMILES string of the molecule is CCCOc1ccccc1-c1ccc(N)c(C)c1. The zero-order valence-corrected chi connectivity index (χ0v) is 10.9. The molecule has 0 bridgehead atoms. The molecule has 2 rings (SSSR count). The van der Waals surface area contributed by atoms with Crippen LogP contribution in [0.4, 0.5) is 5.69 Å². The number of para-hydroxylation sites is 1. The van der Waals surface area contributed by atoms with Gasteiger partial charge in [-0.1, -0.05) is 31.2 Å². The highest BCUT2D eigenvalue weighted by molar-refractivity contribution is 5.72. The Bertz CT molecular complexity index is 534. The standard InChI is InChI=1S/C16H19NO/c1-3-10-18-16-7-5-4-6-14(16)13-8-9-15(17)12(2)11-13/h4-9,11H,3,10,17H2,1-2H3. The highest BCUT2D eigenvalue weighted by Gasteiger charge is 2.06. The Hall–Kier alpha value is -1.96. The summed E-state index contributed by atoms with van der Waals surface area (Å²) in [4.78, 5) is 0. The van der Waals surface area contributed by atoms with Gasteiger partial charge in [-0.2, -0.15) is 0 Å². The number of nitrogens with two attached hydrogens (primary N) is 1. The van der Waals surface area contributed by atoms with E-state index >= 15 is 0 Å². The molecule has 0 saturated carbocycles. The normalized spacial score (nSPS) is 10.3. The highest BCUT2D eigenvalue weighted by atomic mass is 16.5. The van der Waals surface area contributed by atoms with Crippen LogP contribution < -0.4 is 10.5 Å². The second kappa shape index (κ2) is 5.58. The first kappa shape index (κ1) is 12.5. The Morgan fingerprint density at radius 2 is 1.89 bits per heavy atom. The number of hydrogen-bond acceptors (Lipinski definition) is 2. The highest BCUT2D eigenvalue weighted by Crippen LogP contribution is 2.31. The Morgan fingerprint density at radius 1 is 1.11 bits per heavy atom. The van der Waals surface area contributed by atoms with Crippen molar-refractivity contribution in [3.63, 3.8) is 0 Å². The fourth-order valence-corrected chi connectivity index (χ4v) is 1.89. The molecule has 0 unspecified atom stereocenters. The summed E-state index contributed by atoms with van der Waals surface area (Å²) in [6.07, 6.45) is 1.01. The molecular weight excluding hydrogens is 222 g/mol. The minimum absolute atomic E-state index is 0.741. The first-order valence-corrected chi connectivity index (χ1v) is 6.30. The van der Waals surface area contributed by atoms with E-state index in [0.29, 0.717) is 0 Å². The Labute approximate surface area is 108 Å². The van der Waals surface area contributed by atoms with Gasteiger partial charge in [-0.3, -0.25) is 0 Å². The van der Waals surface area contributed by atoms with Gasteiger partial charge in [0.05, 0.1) is 6.61 Å². The number of rotatable bonds is 4. The van der Waals surface area contributed by atoms with Crippen LogP contribution in [-0.4, -0.2) is 6.61 Å². The van der Waals surface area contributed by atoms with Crippen LogP contribution >= 0.6 is 0 Å². The van der Waals surface area contributed by atoms with Crippen molar-refractivity contribution in [1.29, 1.82) is 0 Å². The third-order valence-electron chi connectivity index (χ3n) is 2.93. The van der Waals surface area contributed by atoms with Crippen molar-refractivity contribution in [3.8, 4) is 16.9 Å². The van der Waals surface area contributed by atoms with E-state index in [2.05, 4.69) is 19.1 Å². The lowest BCUT2D eigenvalue weighted by Crippen LogP contribution is -1.97. The average Bonchev–Trinajstić information content (AvgIpc) is 2.40. The van der Waals surface area contributed by atoms with Crippen LogP contribution in [0.25, 0.3) is 11.1 Å². The lowest BCUT2D eigenvalue weighted by molar-refractivity contribution is 0.318. The number of nitrogen functional groups attached to an aromatic ring is 1. The molecule has 18 heavy (non-hydrogen) atoms. The van der Waals surface area contributed by atoms with Gasteiger partial charge in [-0.05, 0) is 42.7 Å². The minimum Gasteiger partial charge on any atom is -0.493 e. The predicted octanol–water partition coefficient (Wildman–Crippen LogP) is 4.03. The van der Waals surface area contributed by atoms with Gasteiger partial charge in [0.15, 0.2) is 0 Å². The summed E-state index contributed by atoms with van der Waals surface area (Å²) in [6.45, 7) is 4.87. The molecule has 2 aromatic carbocycles. The fourth-order valence-electron chi connectivity index (χ4n) is 1.89. The van der Waals surface area contributed by atoms with Crippen LogP contribution in [0.2, 0.25) is 0 Å². The van der Waals surface area contributed by atoms with Crippen molar-refractivity contribution < 1.29 is 4.74 Å². The molecule has 0 aromatic heterocycles. The molecule has 94 valence electrons. The number of benzene rings is 2. The zero-order valence-electron chi connectivity index (χ0n) is 10.9. The monoisotopic (exact) mass is 241 g/mol. The predicted molar refractivity (Wildman–Crippen MR) is 76.8 cm³/mol. The molecule has 0 fully saturated rings. The summed E-state index contributed by atoms with van der Waals surface area (Å²) >= 11 is 0. The van der Waals surface area contributed by atoms with Gasteiger partial charge in [0.25, 0.3) is 0 Å².